The second-order valence-electron chi connectivity index (χ2n) is 10.5. The summed E-state index contributed by atoms with van der Waals surface area (Å²) < 4.78 is 42.1. The Balaban J connectivity index is 1.35. The summed E-state index contributed by atoms with van der Waals surface area (Å²) in [5.41, 5.74) is -2.83. The second-order valence-corrected chi connectivity index (χ2v) is 11.4. The van der Waals surface area contributed by atoms with Gasteiger partial charge >= 0.3 is 6.18 Å². The van der Waals surface area contributed by atoms with Crippen molar-refractivity contribution < 1.29 is 27.9 Å². The molecule has 0 aliphatic carbocycles. The number of rotatable bonds is 5. The van der Waals surface area contributed by atoms with Crippen molar-refractivity contribution in [2.75, 3.05) is 45.2 Å². The Morgan fingerprint density at radius 1 is 0.923 bits per heavy atom. The van der Waals surface area contributed by atoms with Crippen LogP contribution in [-0.4, -0.2) is 73.2 Å². The van der Waals surface area contributed by atoms with Crippen LogP contribution >= 0.6 is 23.2 Å². The minimum absolute atomic E-state index is 0.00768. The summed E-state index contributed by atoms with van der Waals surface area (Å²) in [6.45, 7) is 1.90. The first-order valence-corrected chi connectivity index (χ1v) is 13.7. The van der Waals surface area contributed by atoms with Gasteiger partial charge in [0.25, 0.3) is 17.4 Å². The van der Waals surface area contributed by atoms with Gasteiger partial charge in [-0.05, 0) is 67.9 Å². The smallest absolute Gasteiger partial charge is 0.371 e. The van der Waals surface area contributed by atoms with Crippen LogP contribution in [0.2, 0.25) is 10.0 Å². The molecule has 11 heteroatoms. The van der Waals surface area contributed by atoms with Gasteiger partial charge < -0.3 is 19.8 Å². The van der Waals surface area contributed by atoms with Crippen LogP contribution in [0.5, 0.6) is 0 Å². The third-order valence-electron chi connectivity index (χ3n) is 7.95. The lowest BCUT2D eigenvalue weighted by Crippen LogP contribution is -2.57. The van der Waals surface area contributed by atoms with Crippen molar-refractivity contribution in [3.8, 4) is 0 Å². The number of carbonyl (C=O) groups excluding carboxylic acids is 2. The number of nitrogens with zero attached hydrogens (tertiary/aromatic N) is 3. The lowest BCUT2D eigenvalue weighted by Gasteiger charge is -2.42. The van der Waals surface area contributed by atoms with Crippen LogP contribution < -0.4 is 4.90 Å². The zero-order valence-corrected chi connectivity index (χ0v) is 23.4. The standard InChI is InChI=1S/C28H32Cl2F3N3O3/c1-34(2)25(37)23-7-6-22(17-24(23)30)35-12-8-18(9-13-35)19-10-14-36(15-11-19)26(38)27(39,28(31,32)33)20-4-3-5-21(29)16-20/h3-7,16-19,39H,8-15H2,1-2H3/t27-/m0/s1. The fourth-order valence-electron chi connectivity index (χ4n) is 5.67. The van der Waals surface area contributed by atoms with Crippen molar-refractivity contribution in [3.05, 3.63) is 63.6 Å². The molecular formula is C28H32Cl2F3N3O3. The number of hydrogen-bond acceptors (Lipinski definition) is 4. The molecule has 2 aromatic rings. The molecule has 4 rings (SSSR count). The summed E-state index contributed by atoms with van der Waals surface area (Å²) in [7, 11) is 3.35. The molecule has 1 atom stereocenters. The molecule has 2 saturated heterocycles. The molecule has 0 bridgehead atoms. The lowest BCUT2D eigenvalue weighted by atomic mass is 9.78. The Labute approximate surface area is 236 Å². The predicted molar refractivity (Wildman–Crippen MR) is 145 cm³/mol. The van der Waals surface area contributed by atoms with Gasteiger partial charge in [-0.15, -0.1) is 0 Å². The van der Waals surface area contributed by atoms with E-state index < -0.39 is 23.2 Å². The number of halogens is 5. The number of anilines is 1. The number of likely N-dealkylation sites (tertiary alicyclic amines) is 1. The maximum atomic E-state index is 14.0. The SMILES string of the molecule is CN(C)C(=O)c1ccc(N2CCC(C3CCN(C(=O)[C@@](O)(c4cccc(Cl)c4)C(F)(F)F)CC3)CC2)cc1Cl. The number of piperidine rings is 2. The van der Waals surface area contributed by atoms with Gasteiger partial charge in [-0.25, -0.2) is 0 Å². The summed E-state index contributed by atoms with van der Waals surface area (Å²) in [4.78, 5) is 30.1. The van der Waals surface area contributed by atoms with Crippen LogP contribution in [0.3, 0.4) is 0 Å². The van der Waals surface area contributed by atoms with Crippen LogP contribution in [0.15, 0.2) is 42.5 Å². The third kappa shape index (κ3) is 6.00. The van der Waals surface area contributed by atoms with Crippen molar-refractivity contribution >= 4 is 40.7 Å². The molecule has 2 fully saturated rings. The molecule has 0 unspecified atom stereocenters. The summed E-state index contributed by atoms with van der Waals surface area (Å²) in [6, 6.07) is 10.2. The van der Waals surface area contributed by atoms with Gasteiger partial charge in [-0.1, -0.05) is 35.3 Å². The quantitative estimate of drug-likeness (QED) is 0.496. The normalized spacial score (nSPS) is 19.1. The van der Waals surface area contributed by atoms with Gasteiger partial charge in [-0.2, -0.15) is 13.2 Å². The zero-order valence-electron chi connectivity index (χ0n) is 21.8. The van der Waals surface area contributed by atoms with E-state index in [-0.39, 0.29) is 29.9 Å². The molecule has 2 heterocycles. The van der Waals surface area contributed by atoms with E-state index in [1.165, 1.54) is 17.0 Å². The third-order valence-corrected chi connectivity index (χ3v) is 8.50. The molecule has 39 heavy (non-hydrogen) atoms. The molecular weight excluding hydrogens is 554 g/mol. The minimum atomic E-state index is -5.20. The minimum Gasteiger partial charge on any atom is -0.371 e. The van der Waals surface area contributed by atoms with Gasteiger partial charge in [0.2, 0.25) is 0 Å². The number of aliphatic hydroxyl groups is 1. The molecule has 6 nitrogen and oxygen atoms in total. The highest BCUT2D eigenvalue weighted by Gasteiger charge is 2.62. The Morgan fingerprint density at radius 3 is 2.03 bits per heavy atom. The summed E-state index contributed by atoms with van der Waals surface area (Å²) >= 11 is 12.2. The molecule has 2 aromatic carbocycles. The van der Waals surface area contributed by atoms with Gasteiger partial charge in [-0.3, -0.25) is 9.59 Å². The molecule has 0 spiro atoms. The van der Waals surface area contributed by atoms with E-state index in [0.717, 1.165) is 48.7 Å². The molecule has 2 aliphatic rings. The fourth-order valence-corrected chi connectivity index (χ4v) is 6.11. The van der Waals surface area contributed by atoms with Crippen LogP contribution in [0.4, 0.5) is 18.9 Å². The van der Waals surface area contributed by atoms with Crippen molar-refractivity contribution in [2.45, 2.75) is 37.5 Å². The highest BCUT2D eigenvalue weighted by Crippen LogP contribution is 2.42. The van der Waals surface area contributed by atoms with Crippen molar-refractivity contribution in [1.82, 2.24) is 9.80 Å². The van der Waals surface area contributed by atoms with E-state index in [1.54, 1.807) is 20.2 Å². The molecule has 1 N–H and O–H groups in total. The zero-order chi connectivity index (χ0) is 28.5. The summed E-state index contributed by atoms with van der Waals surface area (Å²) in [5.74, 6) is -0.849. The van der Waals surface area contributed by atoms with Crippen molar-refractivity contribution in [2.24, 2.45) is 11.8 Å². The Kier molecular flexibility index (Phi) is 8.73. The number of alkyl halides is 3. The number of benzene rings is 2. The first-order valence-electron chi connectivity index (χ1n) is 12.9. The highest BCUT2D eigenvalue weighted by atomic mass is 35.5. The average molecular weight is 586 g/mol. The van der Waals surface area contributed by atoms with Crippen molar-refractivity contribution in [1.29, 1.82) is 0 Å². The number of amides is 2. The Hall–Kier alpha value is -2.49. The van der Waals surface area contributed by atoms with Crippen molar-refractivity contribution in [3.63, 3.8) is 0 Å². The Morgan fingerprint density at radius 2 is 1.51 bits per heavy atom. The van der Waals surface area contributed by atoms with Crippen LogP contribution in [0.25, 0.3) is 0 Å². The summed E-state index contributed by atoms with van der Waals surface area (Å²) in [6.07, 6.45) is -2.23. The molecule has 212 valence electrons. The first-order chi connectivity index (χ1) is 18.3. The fraction of sp³-hybridized carbons (Fsp3) is 0.500. The van der Waals surface area contributed by atoms with E-state index in [1.807, 2.05) is 12.1 Å². The lowest BCUT2D eigenvalue weighted by molar-refractivity contribution is -0.262. The monoisotopic (exact) mass is 585 g/mol. The van der Waals surface area contributed by atoms with E-state index >= 15 is 0 Å². The molecule has 0 radical (unpaired) electrons. The van der Waals surface area contributed by atoms with E-state index in [0.29, 0.717) is 29.3 Å². The van der Waals surface area contributed by atoms with Gasteiger partial charge in [0.15, 0.2) is 0 Å². The molecule has 0 aromatic heterocycles. The van der Waals surface area contributed by atoms with Crippen LogP contribution in [0.1, 0.15) is 41.6 Å². The average Bonchev–Trinajstić information content (AvgIpc) is 2.91. The maximum Gasteiger partial charge on any atom is 0.430 e. The Bertz CT molecular complexity index is 1210. The predicted octanol–water partition coefficient (Wildman–Crippen LogP) is 5.60. The van der Waals surface area contributed by atoms with Gasteiger partial charge in [0.1, 0.15) is 0 Å². The molecule has 2 aliphatic heterocycles. The van der Waals surface area contributed by atoms with Crippen LogP contribution in [-0.2, 0) is 10.4 Å². The maximum absolute atomic E-state index is 14.0. The summed E-state index contributed by atoms with van der Waals surface area (Å²) in [5, 5.41) is 11.1. The first kappa shape index (κ1) is 29.5. The molecule has 0 saturated carbocycles. The van der Waals surface area contributed by atoms with E-state index in [9.17, 15) is 27.9 Å². The molecule has 2 amide bonds. The second kappa shape index (κ2) is 11.6. The topological polar surface area (TPSA) is 64.1 Å². The van der Waals surface area contributed by atoms with Gasteiger partial charge in [0, 0.05) is 56.5 Å². The number of carbonyl (C=O) groups is 2. The van der Waals surface area contributed by atoms with Gasteiger partial charge in [0.05, 0.1) is 10.6 Å². The van der Waals surface area contributed by atoms with E-state index in [2.05, 4.69) is 4.90 Å². The van der Waals surface area contributed by atoms with Crippen LogP contribution in [0, 0.1) is 11.8 Å². The van der Waals surface area contributed by atoms with E-state index in [4.69, 9.17) is 23.2 Å². The largest absolute Gasteiger partial charge is 0.430 e. The highest BCUT2D eigenvalue weighted by molar-refractivity contribution is 6.34. The number of hydrogen-bond donors (Lipinski definition) is 1.